The molecule has 6 nitrogen and oxygen atoms in total. The summed E-state index contributed by atoms with van der Waals surface area (Å²) in [6.07, 6.45) is 4.12. The van der Waals surface area contributed by atoms with Crippen molar-refractivity contribution < 1.29 is 23.0 Å². The number of carbonyl (C=O) groups excluding carboxylic acids is 1. The topological polar surface area (TPSA) is 65.4 Å². The lowest BCUT2D eigenvalue weighted by atomic mass is 9.92. The molecular weight excluding hydrogens is 440 g/mol. The van der Waals surface area contributed by atoms with E-state index < -0.39 is 24.0 Å². The second-order valence-corrected chi connectivity index (χ2v) is 9.21. The largest absolute Gasteiger partial charge is 0.484 e. The van der Waals surface area contributed by atoms with Gasteiger partial charge in [-0.2, -0.15) is 13.9 Å². The van der Waals surface area contributed by atoms with E-state index in [4.69, 9.17) is 9.47 Å². The van der Waals surface area contributed by atoms with Gasteiger partial charge in [-0.3, -0.25) is 4.79 Å². The van der Waals surface area contributed by atoms with E-state index in [2.05, 4.69) is 10.4 Å². The highest BCUT2D eigenvalue weighted by Gasteiger charge is 2.37. The van der Waals surface area contributed by atoms with E-state index in [1.54, 1.807) is 6.20 Å². The predicted octanol–water partition coefficient (Wildman–Crippen LogP) is 5.65. The van der Waals surface area contributed by atoms with Crippen LogP contribution in [0.3, 0.4) is 0 Å². The van der Waals surface area contributed by atoms with Crippen molar-refractivity contribution in [2.45, 2.75) is 64.3 Å². The molecule has 0 radical (unpaired) electrons. The fraction of sp³-hybridized carbons (Fsp3) is 0.462. The molecule has 0 aliphatic carbocycles. The number of nitrogens with zero attached hydrogens (tertiary/aromatic N) is 2. The molecule has 1 aliphatic rings. The van der Waals surface area contributed by atoms with Crippen molar-refractivity contribution in [2.24, 2.45) is 5.92 Å². The van der Waals surface area contributed by atoms with Crippen LogP contribution in [0.2, 0.25) is 0 Å². The smallest absolute Gasteiger partial charge is 0.321 e. The molecule has 4 rings (SSSR count). The molecule has 2 unspecified atom stereocenters. The third-order valence-corrected chi connectivity index (χ3v) is 6.13. The van der Waals surface area contributed by atoms with Crippen LogP contribution in [0.1, 0.15) is 57.9 Å². The summed E-state index contributed by atoms with van der Waals surface area (Å²) >= 11 is 0. The zero-order valence-corrected chi connectivity index (χ0v) is 19.7. The summed E-state index contributed by atoms with van der Waals surface area (Å²) in [4.78, 5) is 12.2. The Bertz CT molecular complexity index is 1110. The Morgan fingerprint density at radius 3 is 2.62 bits per heavy atom. The maximum Gasteiger partial charge on any atom is 0.321 e. The first-order valence-corrected chi connectivity index (χ1v) is 11.7. The predicted molar refractivity (Wildman–Crippen MR) is 126 cm³/mol. The SMILES string of the molecule is CC(C)C(NC(=O)C(C)(F)F)[C@H](Oc1ccc2c(cnn2C2CCCCO2)c1)c1ccccc1. The van der Waals surface area contributed by atoms with Gasteiger partial charge in [-0.05, 0) is 48.9 Å². The molecular formula is C26H31F2N3O3. The van der Waals surface area contributed by atoms with Gasteiger partial charge in [-0.25, -0.2) is 4.68 Å². The minimum atomic E-state index is -3.48. The summed E-state index contributed by atoms with van der Waals surface area (Å²) in [7, 11) is 0. The fourth-order valence-corrected chi connectivity index (χ4v) is 4.26. The van der Waals surface area contributed by atoms with Crippen LogP contribution >= 0.6 is 0 Å². The number of rotatable bonds is 8. The Labute approximate surface area is 198 Å². The molecule has 1 aromatic heterocycles. The first-order valence-electron chi connectivity index (χ1n) is 11.7. The molecule has 182 valence electrons. The number of halogens is 2. The highest BCUT2D eigenvalue weighted by atomic mass is 19.3. The Morgan fingerprint density at radius 2 is 1.97 bits per heavy atom. The number of hydrogen-bond acceptors (Lipinski definition) is 4. The highest BCUT2D eigenvalue weighted by Crippen LogP contribution is 2.32. The maximum absolute atomic E-state index is 13.7. The van der Waals surface area contributed by atoms with E-state index in [-0.39, 0.29) is 12.1 Å². The van der Waals surface area contributed by atoms with Gasteiger partial charge in [0.25, 0.3) is 5.91 Å². The second kappa shape index (κ2) is 10.1. The van der Waals surface area contributed by atoms with Crippen LogP contribution in [-0.2, 0) is 9.53 Å². The van der Waals surface area contributed by atoms with E-state index in [9.17, 15) is 13.6 Å². The van der Waals surface area contributed by atoms with Gasteiger partial charge in [0.2, 0.25) is 0 Å². The van der Waals surface area contributed by atoms with E-state index >= 15 is 0 Å². The minimum Gasteiger partial charge on any atom is -0.484 e. The molecule has 1 aliphatic heterocycles. The third kappa shape index (κ3) is 5.38. The molecule has 3 atom stereocenters. The van der Waals surface area contributed by atoms with Crippen molar-refractivity contribution in [3.63, 3.8) is 0 Å². The van der Waals surface area contributed by atoms with E-state index in [1.165, 1.54) is 0 Å². The molecule has 3 aromatic rings. The number of fused-ring (bicyclic) bond motifs is 1. The van der Waals surface area contributed by atoms with Crippen LogP contribution in [0, 0.1) is 5.92 Å². The van der Waals surface area contributed by atoms with Crippen molar-refractivity contribution in [1.82, 2.24) is 15.1 Å². The standard InChI is InChI=1S/C26H31F2N3O3/c1-17(2)23(30-25(32)26(3,27)28)24(18-9-5-4-6-10-18)34-20-12-13-21-19(15-20)16-29-31(21)22-11-7-8-14-33-22/h4-6,9-10,12-13,15-17,22-24H,7-8,11,14H2,1-3H3,(H,30,32)/t22?,23?,24-/m1/s1. The number of amides is 1. The summed E-state index contributed by atoms with van der Waals surface area (Å²) in [5.41, 5.74) is 1.72. The van der Waals surface area contributed by atoms with Gasteiger partial charge < -0.3 is 14.8 Å². The van der Waals surface area contributed by atoms with E-state index in [0.29, 0.717) is 12.7 Å². The summed E-state index contributed by atoms with van der Waals surface area (Å²) in [6, 6.07) is 14.3. The molecule has 0 bridgehead atoms. The van der Waals surface area contributed by atoms with Gasteiger partial charge in [0.1, 0.15) is 11.9 Å². The summed E-state index contributed by atoms with van der Waals surface area (Å²) < 4.78 is 41.5. The normalized spacial score (nSPS) is 18.6. The Balaban J connectivity index is 1.64. The Morgan fingerprint density at radius 1 is 1.21 bits per heavy atom. The van der Waals surface area contributed by atoms with Crippen LogP contribution in [-0.4, -0.2) is 34.3 Å². The molecule has 1 saturated heterocycles. The maximum atomic E-state index is 13.7. The van der Waals surface area contributed by atoms with Crippen LogP contribution in [0.4, 0.5) is 8.78 Å². The number of alkyl halides is 2. The van der Waals surface area contributed by atoms with Gasteiger partial charge in [-0.15, -0.1) is 0 Å². The number of hydrogen-bond donors (Lipinski definition) is 1. The van der Waals surface area contributed by atoms with Crippen LogP contribution in [0.15, 0.2) is 54.7 Å². The minimum absolute atomic E-state index is 0.0775. The van der Waals surface area contributed by atoms with Gasteiger partial charge >= 0.3 is 5.92 Å². The lowest BCUT2D eigenvalue weighted by molar-refractivity contribution is -0.145. The van der Waals surface area contributed by atoms with Gasteiger partial charge in [0.05, 0.1) is 17.8 Å². The number of aromatic nitrogens is 2. The lowest BCUT2D eigenvalue weighted by Gasteiger charge is -2.32. The Hall–Kier alpha value is -3.00. The van der Waals surface area contributed by atoms with E-state index in [0.717, 1.165) is 42.3 Å². The number of nitrogens with one attached hydrogen (secondary N) is 1. The van der Waals surface area contributed by atoms with Gasteiger partial charge in [0.15, 0.2) is 6.23 Å². The fourth-order valence-electron chi connectivity index (χ4n) is 4.26. The molecule has 2 aromatic carbocycles. The van der Waals surface area contributed by atoms with Crippen molar-refractivity contribution >= 4 is 16.8 Å². The quantitative estimate of drug-likeness (QED) is 0.461. The number of carbonyl (C=O) groups is 1. The third-order valence-electron chi connectivity index (χ3n) is 6.13. The van der Waals surface area contributed by atoms with Gasteiger partial charge in [-0.1, -0.05) is 44.2 Å². The van der Waals surface area contributed by atoms with Crippen LogP contribution in [0.5, 0.6) is 5.75 Å². The number of ether oxygens (including phenoxy) is 2. The summed E-state index contributed by atoms with van der Waals surface area (Å²) in [5, 5.41) is 7.93. The average molecular weight is 472 g/mol. The van der Waals surface area contributed by atoms with Crippen LogP contribution in [0.25, 0.3) is 10.9 Å². The van der Waals surface area contributed by atoms with Crippen molar-refractivity contribution in [3.05, 3.63) is 60.3 Å². The van der Waals surface area contributed by atoms with Crippen molar-refractivity contribution in [1.29, 1.82) is 0 Å². The van der Waals surface area contributed by atoms with E-state index in [1.807, 2.05) is 67.1 Å². The molecule has 0 spiro atoms. The molecule has 1 N–H and O–H groups in total. The zero-order chi connectivity index (χ0) is 24.3. The molecule has 0 saturated carbocycles. The molecule has 2 heterocycles. The second-order valence-electron chi connectivity index (χ2n) is 9.21. The average Bonchev–Trinajstić information content (AvgIpc) is 3.25. The molecule has 1 fully saturated rings. The van der Waals surface area contributed by atoms with Crippen molar-refractivity contribution in [3.8, 4) is 5.75 Å². The molecule has 1 amide bonds. The number of benzene rings is 2. The summed E-state index contributed by atoms with van der Waals surface area (Å²) in [5.74, 6) is -4.40. The first-order chi connectivity index (χ1) is 16.2. The van der Waals surface area contributed by atoms with Crippen LogP contribution < -0.4 is 10.1 Å². The molecule has 34 heavy (non-hydrogen) atoms. The summed E-state index contributed by atoms with van der Waals surface area (Å²) in [6.45, 7) is 5.07. The lowest BCUT2D eigenvalue weighted by Crippen LogP contribution is -2.49. The Kier molecular flexibility index (Phi) is 7.16. The molecule has 8 heteroatoms. The highest BCUT2D eigenvalue weighted by molar-refractivity contribution is 5.83. The zero-order valence-electron chi connectivity index (χ0n) is 19.7. The monoisotopic (exact) mass is 471 g/mol. The van der Waals surface area contributed by atoms with Gasteiger partial charge in [0, 0.05) is 18.9 Å². The van der Waals surface area contributed by atoms with Crippen molar-refractivity contribution in [2.75, 3.05) is 6.61 Å². The first kappa shape index (κ1) is 24.1.